The maximum atomic E-state index is 13.3. The number of benzene rings is 2. The van der Waals surface area contributed by atoms with E-state index in [2.05, 4.69) is 21.0 Å². The van der Waals surface area contributed by atoms with Crippen LogP contribution >= 0.6 is 34.8 Å². The molecule has 2 aromatic carbocycles. The summed E-state index contributed by atoms with van der Waals surface area (Å²) in [5.41, 5.74) is -2.28. The van der Waals surface area contributed by atoms with Gasteiger partial charge in [0.15, 0.2) is 5.69 Å². The van der Waals surface area contributed by atoms with Crippen molar-refractivity contribution in [3.63, 3.8) is 0 Å². The van der Waals surface area contributed by atoms with Crippen LogP contribution in [0.3, 0.4) is 0 Å². The third-order valence-electron chi connectivity index (χ3n) is 5.76. The summed E-state index contributed by atoms with van der Waals surface area (Å²) in [5.74, 6) is -1.68. The summed E-state index contributed by atoms with van der Waals surface area (Å²) < 4.78 is 66.8. The number of nitrogens with one attached hydrogen (secondary N) is 3. The van der Waals surface area contributed by atoms with E-state index in [0.717, 1.165) is 12.3 Å². The number of hydrogen-bond acceptors (Lipinski definition) is 6. The summed E-state index contributed by atoms with van der Waals surface area (Å²) >= 11 is 18.0. The van der Waals surface area contributed by atoms with Gasteiger partial charge in [-0.3, -0.25) is 9.59 Å². The highest BCUT2D eigenvalue weighted by atomic mass is 35.5. The molecule has 1 aromatic heterocycles. The van der Waals surface area contributed by atoms with Gasteiger partial charge in [-0.1, -0.05) is 40.9 Å². The Morgan fingerprint density at radius 2 is 1.67 bits per heavy atom. The van der Waals surface area contributed by atoms with Crippen LogP contribution in [0, 0.1) is 0 Å². The lowest BCUT2D eigenvalue weighted by Crippen LogP contribution is -2.43. The molecule has 1 aliphatic rings. The van der Waals surface area contributed by atoms with Crippen LogP contribution < -0.4 is 16.0 Å². The quantitative estimate of drug-likeness (QED) is 0.361. The Labute approximate surface area is 235 Å². The third-order valence-corrected chi connectivity index (χ3v) is 8.12. The van der Waals surface area contributed by atoms with Gasteiger partial charge in [0.25, 0.3) is 21.8 Å². The molecule has 9 nitrogen and oxygen atoms in total. The van der Waals surface area contributed by atoms with Gasteiger partial charge in [0.1, 0.15) is 0 Å². The van der Waals surface area contributed by atoms with E-state index in [1.54, 1.807) is 0 Å². The molecule has 16 heteroatoms. The molecule has 0 atom stereocenters. The Balaban J connectivity index is 1.76. The summed E-state index contributed by atoms with van der Waals surface area (Å²) in [7, 11) is -4.80. The van der Waals surface area contributed by atoms with Gasteiger partial charge < -0.3 is 16.0 Å². The Bertz CT molecular complexity index is 1520. The van der Waals surface area contributed by atoms with Crippen LogP contribution in [0.25, 0.3) is 0 Å². The number of anilines is 1. The topological polar surface area (TPSA) is 122 Å². The van der Waals surface area contributed by atoms with Gasteiger partial charge in [0, 0.05) is 11.1 Å². The van der Waals surface area contributed by atoms with Crippen LogP contribution in [0.1, 0.15) is 39.3 Å². The van der Waals surface area contributed by atoms with E-state index < -0.39 is 49.2 Å². The van der Waals surface area contributed by atoms with Crippen LogP contribution in [0.4, 0.5) is 18.9 Å². The monoisotopic (exact) mass is 623 g/mol. The van der Waals surface area contributed by atoms with Gasteiger partial charge >= 0.3 is 6.18 Å². The fourth-order valence-electron chi connectivity index (χ4n) is 3.84. The number of aromatic nitrogens is 2. The van der Waals surface area contributed by atoms with Crippen LogP contribution in [-0.4, -0.2) is 48.5 Å². The second-order valence-electron chi connectivity index (χ2n) is 8.49. The average molecular weight is 625 g/mol. The van der Waals surface area contributed by atoms with Crippen LogP contribution in [0.15, 0.2) is 47.5 Å². The maximum absolute atomic E-state index is 13.3. The minimum Gasteiger partial charge on any atom is -0.348 e. The van der Waals surface area contributed by atoms with E-state index in [4.69, 9.17) is 34.8 Å². The SMILES string of the molecule is O=C(NC1CCNCC1)c1nn(S(=O)(=O)c2cc(Cl)cc(C(F)(F)F)c2)cc1NC(=O)c1c(Cl)cccc1Cl. The number of nitrogens with zero attached hydrogens (tertiary/aromatic N) is 2. The fourth-order valence-corrected chi connectivity index (χ4v) is 5.91. The molecule has 0 bridgehead atoms. The minimum atomic E-state index is -4.88. The first-order chi connectivity index (χ1) is 18.3. The highest BCUT2D eigenvalue weighted by molar-refractivity contribution is 7.89. The average Bonchev–Trinajstić information content (AvgIpc) is 3.28. The lowest BCUT2D eigenvalue weighted by Gasteiger charge is -2.23. The van der Waals surface area contributed by atoms with Crippen LogP contribution in [0.5, 0.6) is 0 Å². The number of halogens is 6. The number of carbonyl (C=O) groups excluding carboxylic acids is 2. The van der Waals surface area contributed by atoms with Gasteiger partial charge in [-0.15, -0.1) is 0 Å². The molecule has 0 spiro atoms. The summed E-state index contributed by atoms with van der Waals surface area (Å²) in [6.45, 7) is 1.28. The fraction of sp³-hybridized carbons (Fsp3) is 0.261. The van der Waals surface area contributed by atoms with E-state index in [9.17, 15) is 31.2 Å². The summed E-state index contributed by atoms with van der Waals surface area (Å²) in [4.78, 5) is 25.3. The van der Waals surface area contributed by atoms with Crippen molar-refractivity contribution in [3.8, 4) is 0 Å². The lowest BCUT2D eigenvalue weighted by atomic mass is 10.1. The molecule has 39 heavy (non-hydrogen) atoms. The van der Waals surface area contributed by atoms with E-state index in [1.807, 2.05) is 0 Å². The molecule has 1 saturated heterocycles. The number of carbonyl (C=O) groups is 2. The largest absolute Gasteiger partial charge is 0.416 e. The molecule has 3 N–H and O–H groups in total. The number of alkyl halides is 3. The van der Waals surface area contributed by atoms with Crippen molar-refractivity contribution in [1.82, 2.24) is 19.8 Å². The molecule has 0 aliphatic carbocycles. The number of rotatable bonds is 6. The zero-order valence-corrected chi connectivity index (χ0v) is 22.7. The van der Waals surface area contributed by atoms with Crippen molar-refractivity contribution in [2.75, 3.05) is 18.4 Å². The molecule has 2 heterocycles. The molecule has 3 aromatic rings. The standard InChI is InChI=1S/C23H19Cl3F3N5O4S/c24-13-8-12(23(27,28)29)9-15(10-13)39(37,38)34-11-18(32-21(35)19-16(25)2-1-3-17(19)26)20(33-34)22(36)31-14-4-6-30-7-5-14/h1-3,8-11,14,30H,4-7H2,(H,31,36)(H,32,35). The second-order valence-corrected chi connectivity index (χ2v) is 11.5. The van der Waals surface area contributed by atoms with E-state index >= 15 is 0 Å². The predicted molar refractivity (Wildman–Crippen MR) is 139 cm³/mol. The number of hydrogen-bond donors (Lipinski definition) is 3. The van der Waals surface area contributed by atoms with E-state index in [0.29, 0.717) is 42.2 Å². The Kier molecular flexibility index (Phi) is 8.47. The highest BCUT2D eigenvalue weighted by Crippen LogP contribution is 2.34. The van der Waals surface area contributed by atoms with Crippen LogP contribution in [0.2, 0.25) is 15.1 Å². The van der Waals surface area contributed by atoms with Gasteiger partial charge in [0.2, 0.25) is 0 Å². The van der Waals surface area contributed by atoms with E-state index in [-0.39, 0.29) is 27.3 Å². The molecule has 1 fully saturated rings. The molecule has 0 saturated carbocycles. The van der Waals surface area contributed by atoms with Gasteiger partial charge in [-0.2, -0.15) is 30.8 Å². The Morgan fingerprint density at radius 1 is 1.03 bits per heavy atom. The maximum Gasteiger partial charge on any atom is 0.416 e. The predicted octanol–water partition coefficient (Wildman–Crippen LogP) is 4.83. The molecule has 2 amide bonds. The lowest BCUT2D eigenvalue weighted by molar-refractivity contribution is -0.137. The first kappa shape index (κ1) is 29.2. The van der Waals surface area contributed by atoms with Crippen molar-refractivity contribution in [2.45, 2.75) is 30.0 Å². The van der Waals surface area contributed by atoms with Gasteiger partial charge in [-0.05, 0) is 56.3 Å². The summed E-state index contributed by atoms with van der Waals surface area (Å²) in [6.07, 6.45) is -2.91. The van der Waals surface area contributed by atoms with Crippen molar-refractivity contribution >= 4 is 62.3 Å². The summed E-state index contributed by atoms with van der Waals surface area (Å²) in [6, 6.07) is 5.81. The van der Waals surface area contributed by atoms with Crippen molar-refractivity contribution in [3.05, 3.63) is 74.5 Å². The zero-order valence-electron chi connectivity index (χ0n) is 19.7. The Morgan fingerprint density at radius 3 is 2.28 bits per heavy atom. The highest BCUT2D eigenvalue weighted by Gasteiger charge is 2.34. The first-order valence-electron chi connectivity index (χ1n) is 11.3. The van der Waals surface area contributed by atoms with Gasteiger partial charge in [-0.25, -0.2) is 0 Å². The normalized spacial score (nSPS) is 14.7. The van der Waals surface area contributed by atoms with Gasteiger partial charge in [0.05, 0.1) is 38.0 Å². The minimum absolute atomic E-state index is 0.0145. The summed E-state index contributed by atoms with van der Waals surface area (Å²) in [5, 5.41) is 11.6. The second kappa shape index (κ2) is 11.3. The molecule has 208 valence electrons. The zero-order chi connectivity index (χ0) is 28.5. The van der Waals surface area contributed by atoms with E-state index in [1.165, 1.54) is 18.2 Å². The molecule has 1 aliphatic heterocycles. The first-order valence-corrected chi connectivity index (χ1v) is 13.8. The molecule has 4 rings (SSSR count). The number of amides is 2. The van der Waals surface area contributed by atoms with Crippen molar-refractivity contribution < 1.29 is 31.2 Å². The molecular formula is C23H19Cl3F3N5O4S. The van der Waals surface area contributed by atoms with Crippen LogP contribution in [-0.2, 0) is 16.2 Å². The van der Waals surface area contributed by atoms with Crippen molar-refractivity contribution in [1.29, 1.82) is 0 Å². The smallest absolute Gasteiger partial charge is 0.348 e. The molecule has 0 unspecified atom stereocenters. The van der Waals surface area contributed by atoms with Crippen molar-refractivity contribution in [2.24, 2.45) is 0 Å². The Hall–Kier alpha value is -2.84. The number of piperidine rings is 1. The third kappa shape index (κ3) is 6.49. The molecule has 0 radical (unpaired) electrons. The molecular weight excluding hydrogens is 606 g/mol.